The monoisotopic (exact) mass is 175 g/mol. The highest BCUT2D eigenvalue weighted by Crippen LogP contribution is 2.04. The molecular weight excluding hydrogens is 156 g/mol. The predicted octanol–water partition coefficient (Wildman–Crippen LogP) is 2.54. The quantitative estimate of drug-likeness (QED) is 0.431. The second-order valence-electron chi connectivity index (χ2n) is 2.88. The molecule has 1 nitrogen and oxygen atoms in total. The minimum atomic E-state index is -0.628. The first-order valence-electron chi connectivity index (χ1n) is 4.39. The summed E-state index contributed by atoms with van der Waals surface area (Å²) in [5.41, 5.74) is 0. The van der Waals surface area contributed by atoms with Crippen molar-refractivity contribution in [3.05, 3.63) is 6.42 Å². The van der Waals surface area contributed by atoms with Gasteiger partial charge < -0.3 is 4.55 Å². The molecule has 0 heterocycles. The van der Waals surface area contributed by atoms with Gasteiger partial charge in [0.25, 0.3) is 0 Å². The van der Waals surface area contributed by atoms with Crippen molar-refractivity contribution in [2.45, 2.75) is 39.0 Å². The molecule has 0 saturated heterocycles. The van der Waals surface area contributed by atoms with Crippen LogP contribution >= 0.6 is 0 Å². The minimum absolute atomic E-state index is 0.628. The standard InChI is InChI=1S/C9H19OS/c1-3-4-5-6-7-8-9-11(2)10/h8H,3-7,9H2,1-2H3. The van der Waals surface area contributed by atoms with Crippen LogP contribution in [-0.4, -0.2) is 16.6 Å². The average Bonchev–Trinajstić information content (AvgIpc) is 1.96. The third kappa shape index (κ3) is 10.3. The zero-order chi connectivity index (χ0) is 8.53. The zero-order valence-electron chi connectivity index (χ0n) is 7.64. The largest absolute Gasteiger partial charge is 0.617 e. The summed E-state index contributed by atoms with van der Waals surface area (Å²) in [7, 11) is 0. The van der Waals surface area contributed by atoms with Gasteiger partial charge in [-0.1, -0.05) is 43.8 Å². The molecule has 0 aliphatic rings. The third-order valence-corrected chi connectivity index (χ3v) is 2.32. The molecule has 0 amide bonds. The highest BCUT2D eigenvalue weighted by molar-refractivity contribution is 7.90. The maximum Gasteiger partial charge on any atom is 0.108 e. The van der Waals surface area contributed by atoms with E-state index in [1.165, 1.54) is 25.7 Å². The van der Waals surface area contributed by atoms with E-state index in [0.29, 0.717) is 0 Å². The van der Waals surface area contributed by atoms with Crippen molar-refractivity contribution in [3.63, 3.8) is 0 Å². The fraction of sp³-hybridized carbons (Fsp3) is 0.889. The van der Waals surface area contributed by atoms with Crippen molar-refractivity contribution in [1.29, 1.82) is 0 Å². The van der Waals surface area contributed by atoms with Crippen molar-refractivity contribution < 1.29 is 4.55 Å². The van der Waals surface area contributed by atoms with Crippen LogP contribution < -0.4 is 0 Å². The Balaban J connectivity index is 2.80. The summed E-state index contributed by atoms with van der Waals surface area (Å²) in [6, 6.07) is 0. The molecule has 1 unspecified atom stereocenters. The van der Waals surface area contributed by atoms with Crippen molar-refractivity contribution in [2.24, 2.45) is 0 Å². The Morgan fingerprint density at radius 2 is 2.00 bits per heavy atom. The lowest BCUT2D eigenvalue weighted by atomic mass is 10.1. The molecule has 0 rings (SSSR count). The molecule has 0 spiro atoms. The number of hydrogen-bond donors (Lipinski definition) is 0. The van der Waals surface area contributed by atoms with Crippen molar-refractivity contribution in [3.8, 4) is 0 Å². The van der Waals surface area contributed by atoms with Gasteiger partial charge in [0.2, 0.25) is 0 Å². The van der Waals surface area contributed by atoms with Crippen molar-refractivity contribution in [2.75, 3.05) is 12.0 Å². The molecule has 1 radical (unpaired) electrons. The van der Waals surface area contributed by atoms with Crippen LogP contribution in [0.3, 0.4) is 0 Å². The molecule has 0 aromatic carbocycles. The molecule has 0 bridgehead atoms. The van der Waals surface area contributed by atoms with Crippen LogP contribution in [0.5, 0.6) is 0 Å². The Labute approximate surface area is 73.8 Å². The summed E-state index contributed by atoms with van der Waals surface area (Å²) in [5.74, 6) is 0.770. The lowest BCUT2D eigenvalue weighted by molar-refractivity contribution is 0.600. The first-order valence-corrected chi connectivity index (χ1v) is 6.11. The normalized spacial score (nSPS) is 13.4. The van der Waals surface area contributed by atoms with Gasteiger partial charge in [0.05, 0.1) is 6.26 Å². The van der Waals surface area contributed by atoms with E-state index >= 15 is 0 Å². The molecule has 0 aromatic heterocycles. The summed E-state index contributed by atoms with van der Waals surface area (Å²) in [4.78, 5) is 0. The summed E-state index contributed by atoms with van der Waals surface area (Å²) in [6.07, 6.45) is 10.3. The van der Waals surface area contributed by atoms with Crippen molar-refractivity contribution >= 4 is 11.2 Å². The Morgan fingerprint density at radius 1 is 1.27 bits per heavy atom. The van der Waals surface area contributed by atoms with Crippen LogP contribution in [0.25, 0.3) is 0 Å². The van der Waals surface area contributed by atoms with E-state index in [1.807, 2.05) is 0 Å². The molecule has 67 valence electrons. The highest BCUT2D eigenvalue weighted by atomic mass is 32.2. The molecular formula is C9H19OS. The molecule has 0 saturated carbocycles. The Kier molecular flexibility index (Phi) is 8.64. The summed E-state index contributed by atoms with van der Waals surface area (Å²) in [5, 5.41) is 0. The van der Waals surface area contributed by atoms with Gasteiger partial charge in [-0.05, 0) is 6.42 Å². The van der Waals surface area contributed by atoms with Crippen LogP contribution in [0.4, 0.5) is 0 Å². The maximum absolute atomic E-state index is 10.6. The highest BCUT2D eigenvalue weighted by Gasteiger charge is 1.96. The third-order valence-electron chi connectivity index (χ3n) is 1.61. The van der Waals surface area contributed by atoms with E-state index in [0.717, 1.165) is 12.2 Å². The summed E-state index contributed by atoms with van der Waals surface area (Å²) >= 11 is -0.628. The Hall–Kier alpha value is 0.310. The van der Waals surface area contributed by atoms with Crippen LogP contribution in [0, 0.1) is 6.42 Å². The molecule has 11 heavy (non-hydrogen) atoms. The lowest BCUT2D eigenvalue weighted by Gasteiger charge is -2.03. The summed E-state index contributed by atoms with van der Waals surface area (Å²) < 4.78 is 10.6. The zero-order valence-corrected chi connectivity index (χ0v) is 8.45. The van der Waals surface area contributed by atoms with Crippen LogP contribution in [-0.2, 0) is 11.2 Å². The maximum atomic E-state index is 10.6. The topological polar surface area (TPSA) is 23.1 Å². The fourth-order valence-corrected chi connectivity index (χ4v) is 1.46. The van der Waals surface area contributed by atoms with Gasteiger partial charge in [-0.15, -0.1) is 0 Å². The average molecular weight is 175 g/mol. The van der Waals surface area contributed by atoms with E-state index in [-0.39, 0.29) is 0 Å². The smallest absolute Gasteiger partial charge is 0.108 e. The molecule has 0 aliphatic heterocycles. The SMILES string of the molecule is CCCCCC[CH]C[S+](C)[O-]. The molecule has 2 heteroatoms. The van der Waals surface area contributed by atoms with E-state index in [1.54, 1.807) is 6.26 Å². The van der Waals surface area contributed by atoms with E-state index < -0.39 is 11.2 Å². The molecule has 1 atom stereocenters. The second-order valence-corrected chi connectivity index (χ2v) is 4.36. The fourth-order valence-electron chi connectivity index (χ4n) is 0.965. The first-order chi connectivity index (χ1) is 5.27. The molecule has 0 fully saturated rings. The number of hydrogen-bond acceptors (Lipinski definition) is 1. The summed E-state index contributed by atoms with van der Waals surface area (Å²) in [6.45, 7) is 2.21. The van der Waals surface area contributed by atoms with E-state index in [4.69, 9.17) is 0 Å². The number of rotatable bonds is 7. The molecule has 0 aromatic rings. The van der Waals surface area contributed by atoms with Gasteiger partial charge in [-0.3, -0.25) is 0 Å². The van der Waals surface area contributed by atoms with Gasteiger partial charge in [0.15, 0.2) is 0 Å². The Morgan fingerprint density at radius 3 is 2.55 bits per heavy atom. The first kappa shape index (κ1) is 11.3. The van der Waals surface area contributed by atoms with Gasteiger partial charge in [-0.25, -0.2) is 0 Å². The van der Waals surface area contributed by atoms with Gasteiger partial charge in [-0.2, -0.15) is 0 Å². The van der Waals surface area contributed by atoms with Gasteiger partial charge in [0.1, 0.15) is 5.75 Å². The van der Waals surface area contributed by atoms with Crippen LogP contribution in [0.2, 0.25) is 0 Å². The van der Waals surface area contributed by atoms with Crippen LogP contribution in [0.1, 0.15) is 39.0 Å². The molecule has 0 N–H and O–H groups in total. The Bertz CT molecular complexity index is 74.0. The van der Waals surface area contributed by atoms with Crippen LogP contribution in [0.15, 0.2) is 0 Å². The number of unbranched alkanes of at least 4 members (excludes halogenated alkanes) is 5. The molecule has 0 aliphatic carbocycles. The van der Waals surface area contributed by atoms with Gasteiger partial charge in [0, 0.05) is 6.42 Å². The predicted molar refractivity (Wildman–Crippen MR) is 52.0 cm³/mol. The lowest BCUT2D eigenvalue weighted by Crippen LogP contribution is -2.03. The van der Waals surface area contributed by atoms with E-state index in [2.05, 4.69) is 13.3 Å². The van der Waals surface area contributed by atoms with Crippen molar-refractivity contribution in [1.82, 2.24) is 0 Å². The van der Waals surface area contributed by atoms with E-state index in [9.17, 15) is 4.55 Å². The minimum Gasteiger partial charge on any atom is -0.617 e. The van der Waals surface area contributed by atoms with Gasteiger partial charge >= 0.3 is 0 Å². The second kappa shape index (κ2) is 8.41.